The Labute approximate surface area is 100 Å². The summed E-state index contributed by atoms with van der Waals surface area (Å²) in [6.07, 6.45) is 0. The van der Waals surface area contributed by atoms with Gasteiger partial charge in [-0.1, -0.05) is 20.8 Å². The number of hydrogen-bond acceptors (Lipinski definition) is 3. The van der Waals surface area contributed by atoms with Gasteiger partial charge >= 0.3 is 0 Å². The van der Waals surface area contributed by atoms with Gasteiger partial charge in [0.1, 0.15) is 0 Å². The molecule has 3 atom stereocenters. The standard InChI is InChI=1S/C13H28N2O/c1-10(2)13(4,16)9-15-7-11(3)12(8-15)14(5)6/h10-12,16H,7-9H2,1-6H3. The van der Waals surface area contributed by atoms with Gasteiger partial charge in [0.15, 0.2) is 0 Å². The van der Waals surface area contributed by atoms with E-state index in [0.29, 0.717) is 17.9 Å². The lowest BCUT2D eigenvalue weighted by Crippen LogP contribution is -2.44. The van der Waals surface area contributed by atoms with E-state index in [1.807, 2.05) is 6.92 Å². The predicted octanol–water partition coefficient (Wildman–Crippen LogP) is 1.28. The van der Waals surface area contributed by atoms with Crippen LogP contribution >= 0.6 is 0 Å². The predicted molar refractivity (Wildman–Crippen MR) is 68.5 cm³/mol. The van der Waals surface area contributed by atoms with Gasteiger partial charge in [0.05, 0.1) is 5.60 Å². The number of β-amino-alcohol motifs (C(OH)–C–C–N with tert-alkyl or cyclic N) is 1. The zero-order valence-corrected chi connectivity index (χ0v) is 11.7. The van der Waals surface area contributed by atoms with Gasteiger partial charge in [-0.05, 0) is 32.9 Å². The molecular formula is C13H28N2O. The van der Waals surface area contributed by atoms with E-state index in [1.165, 1.54) is 0 Å². The van der Waals surface area contributed by atoms with Gasteiger partial charge in [0.25, 0.3) is 0 Å². The van der Waals surface area contributed by atoms with E-state index in [4.69, 9.17) is 0 Å². The molecule has 0 aromatic carbocycles. The fraction of sp³-hybridized carbons (Fsp3) is 1.00. The molecule has 0 aromatic heterocycles. The van der Waals surface area contributed by atoms with Crippen LogP contribution in [0.3, 0.4) is 0 Å². The molecule has 1 aliphatic heterocycles. The third-order valence-electron chi connectivity index (χ3n) is 4.10. The number of hydrogen-bond donors (Lipinski definition) is 1. The van der Waals surface area contributed by atoms with E-state index in [9.17, 15) is 5.11 Å². The number of aliphatic hydroxyl groups is 1. The molecule has 0 amide bonds. The monoisotopic (exact) mass is 228 g/mol. The molecular weight excluding hydrogens is 200 g/mol. The highest BCUT2D eigenvalue weighted by atomic mass is 16.3. The SMILES string of the molecule is CC1CN(CC(C)(O)C(C)C)CC1N(C)C. The Kier molecular flexibility index (Phi) is 4.38. The normalized spacial score (nSPS) is 31.3. The second-order valence-electron chi connectivity index (χ2n) is 6.21. The molecule has 1 aliphatic rings. The molecule has 1 heterocycles. The van der Waals surface area contributed by atoms with Gasteiger partial charge in [-0.25, -0.2) is 0 Å². The highest BCUT2D eigenvalue weighted by Crippen LogP contribution is 2.24. The van der Waals surface area contributed by atoms with Crippen LogP contribution in [-0.2, 0) is 0 Å². The van der Waals surface area contributed by atoms with Crippen molar-refractivity contribution in [3.05, 3.63) is 0 Å². The van der Waals surface area contributed by atoms with Crippen molar-refractivity contribution in [2.45, 2.75) is 39.3 Å². The van der Waals surface area contributed by atoms with Gasteiger partial charge in [-0.3, -0.25) is 4.90 Å². The summed E-state index contributed by atoms with van der Waals surface area (Å²) in [6.45, 7) is 11.4. The van der Waals surface area contributed by atoms with Crippen LogP contribution < -0.4 is 0 Å². The van der Waals surface area contributed by atoms with Crippen LogP contribution in [0, 0.1) is 11.8 Å². The summed E-state index contributed by atoms with van der Waals surface area (Å²) >= 11 is 0. The summed E-state index contributed by atoms with van der Waals surface area (Å²) in [5.41, 5.74) is -0.569. The van der Waals surface area contributed by atoms with Gasteiger partial charge in [0, 0.05) is 25.7 Å². The van der Waals surface area contributed by atoms with Crippen molar-refractivity contribution in [3.63, 3.8) is 0 Å². The van der Waals surface area contributed by atoms with E-state index < -0.39 is 5.60 Å². The third-order valence-corrected chi connectivity index (χ3v) is 4.10. The van der Waals surface area contributed by atoms with Crippen LogP contribution in [0.5, 0.6) is 0 Å². The quantitative estimate of drug-likeness (QED) is 0.785. The zero-order valence-electron chi connectivity index (χ0n) is 11.7. The van der Waals surface area contributed by atoms with E-state index >= 15 is 0 Å². The average molecular weight is 228 g/mol. The average Bonchev–Trinajstić information content (AvgIpc) is 2.45. The maximum absolute atomic E-state index is 10.3. The van der Waals surface area contributed by atoms with Crippen molar-refractivity contribution in [1.29, 1.82) is 0 Å². The van der Waals surface area contributed by atoms with Crippen LogP contribution in [-0.4, -0.2) is 60.3 Å². The molecule has 1 fully saturated rings. The summed E-state index contributed by atoms with van der Waals surface area (Å²) in [5.74, 6) is 0.999. The summed E-state index contributed by atoms with van der Waals surface area (Å²) in [6, 6.07) is 0.628. The van der Waals surface area contributed by atoms with Crippen LogP contribution in [0.4, 0.5) is 0 Å². The summed E-state index contributed by atoms with van der Waals surface area (Å²) in [5, 5.41) is 10.3. The molecule has 3 heteroatoms. The number of likely N-dealkylation sites (N-methyl/N-ethyl adjacent to an activating group) is 1. The number of likely N-dealkylation sites (tertiary alicyclic amines) is 1. The molecule has 0 spiro atoms. The summed E-state index contributed by atoms with van der Waals surface area (Å²) in [7, 11) is 4.29. The van der Waals surface area contributed by atoms with Crippen LogP contribution in [0.15, 0.2) is 0 Å². The minimum Gasteiger partial charge on any atom is -0.389 e. The lowest BCUT2D eigenvalue weighted by atomic mass is 9.92. The Morgan fingerprint density at radius 2 is 1.94 bits per heavy atom. The van der Waals surface area contributed by atoms with Crippen LogP contribution in [0.1, 0.15) is 27.7 Å². The Hall–Kier alpha value is -0.120. The fourth-order valence-corrected chi connectivity index (χ4v) is 2.48. The second kappa shape index (κ2) is 5.03. The van der Waals surface area contributed by atoms with Crippen LogP contribution in [0.2, 0.25) is 0 Å². The minimum absolute atomic E-state index is 0.307. The molecule has 96 valence electrons. The van der Waals surface area contributed by atoms with Crippen molar-refractivity contribution in [3.8, 4) is 0 Å². The topological polar surface area (TPSA) is 26.7 Å². The van der Waals surface area contributed by atoms with Crippen molar-refractivity contribution in [2.75, 3.05) is 33.7 Å². The first-order chi connectivity index (χ1) is 7.24. The molecule has 1 rings (SSSR count). The number of nitrogens with zero attached hydrogens (tertiary/aromatic N) is 2. The molecule has 0 aliphatic carbocycles. The summed E-state index contributed by atoms with van der Waals surface area (Å²) < 4.78 is 0. The third kappa shape index (κ3) is 3.19. The fourth-order valence-electron chi connectivity index (χ4n) is 2.48. The van der Waals surface area contributed by atoms with E-state index in [1.54, 1.807) is 0 Å². The lowest BCUT2D eigenvalue weighted by Gasteiger charge is -2.32. The van der Waals surface area contributed by atoms with Crippen molar-refractivity contribution < 1.29 is 5.11 Å². The first kappa shape index (κ1) is 13.9. The Bertz CT molecular complexity index is 226. The van der Waals surface area contributed by atoms with E-state index in [-0.39, 0.29) is 0 Å². The second-order valence-corrected chi connectivity index (χ2v) is 6.21. The molecule has 0 saturated carbocycles. The van der Waals surface area contributed by atoms with E-state index in [0.717, 1.165) is 19.6 Å². The Morgan fingerprint density at radius 1 is 1.38 bits per heavy atom. The van der Waals surface area contributed by atoms with Crippen LogP contribution in [0.25, 0.3) is 0 Å². The first-order valence-corrected chi connectivity index (χ1v) is 6.35. The molecule has 1 N–H and O–H groups in total. The molecule has 0 bridgehead atoms. The molecule has 3 unspecified atom stereocenters. The molecule has 1 saturated heterocycles. The molecule has 16 heavy (non-hydrogen) atoms. The van der Waals surface area contributed by atoms with Gasteiger partial charge in [-0.15, -0.1) is 0 Å². The first-order valence-electron chi connectivity index (χ1n) is 6.35. The molecule has 0 aromatic rings. The maximum Gasteiger partial charge on any atom is 0.0768 e. The Morgan fingerprint density at radius 3 is 2.31 bits per heavy atom. The molecule has 3 nitrogen and oxygen atoms in total. The number of rotatable bonds is 4. The van der Waals surface area contributed by atoms with Gasteiger partial charge < -0.3 is 10.0 Å². The largest absolute Gasteiger partial charge is 0.389 e. The van der Waals surface area contributed by atoms with Gasteiger partial charge in [0.2, 0.25) is 0 Å². The van der Waals surface area contributed by atoms with E-state index in [2.05, 4.69) is 44.7 Å². The highest BCUT2D eigenvalue weighted by molar-refractivity contribution is 4.90. The van der Waals surface area contributed by atoms with Crippen molar-refractivity contribution in [1.82, 2.24) is 9.80 Å². The maximum atomic E-state index is 10.3. The smallest absolute Gasteiger partial charge is 0.0768 e. The highest BCUT2D eigenvalue weighted by Gasteiger charge is 2.35. The zero-order chi connectivity index (χ0) is 12.5. The summed E-state index contributed by atoms with van der Waals surface area (Å²) in [4.78, 5) is 4.70. The molecule has 0 radical (unpaired) electrons. The lowest BCUT2D eigenvalue weighted by molar-refractivity contribution is -0.0149. The van der Waals surface area contributed by atoms with Crippen molar-refractivity contribution >= 4 is 0 Å². The Balaban J connectivity index is 2.53. The van der Waals surface area contributed by atoms with Gasteiger partial charge in [-0.2, -0.15) is 0 Å². The minimum atomic E-state index is -0.569. The van der Waals surface area contributed by atoms with Crippen molar-refractivity contribution in [2.24, 2.45) is 11.8 Å².